The Kier molecular flexibility index (Phi) is 5.27. The molecule has 4 nitrogen and oxygen atoms in total. The number of benzene rings is 1. The Balaban J connectivity index is 1.73. The number of aryl methyl sites for hydroxylation is 1. The quantitative estimate of drug-likeness (QED) is 0.792. The summed E-state index contributed by atoms with van der Waals surface area (Å²) in [6.45, 7) is 3.56. The average molecular weight is 365 g/mol. The van der Waals surface area contributed by atoms with Gasteiger partial charge in [0.05, 0.1) is 17.1 Å². The first-order chi connectivity index (χ1) is 11.5. The van der Waals surface area contributed by atoms with Crippen molar-refractivity contribution in [2.24, 2.45) is 0 Å². The van der Waals surface area contributed by atoms with Gasteiger partial charge in [-0.3, -0.25) is 9.78 Å². The molecule has 6 heteroatoms. The van der Waals surface area contributed by atoms with Crippen molar-refractivity contribution in [3.05, 3.63) is 51.8 Å². The lowest BCUT2D eigenvalue weighted by molar-refractivity contribution is -0.129. The van der Waals surface area contributed by atoms with E-state index in [9.17, 15) is 4.79 Å². The van der Waals surface area contributed by atoms with Crippen LogP contribution >= 0.6 is 23.2 Å². The van der Waals surface area contributed by atoms with Crippen molar-refractivity contribution in [3.63, 3.8) is 0 Å². The smallest absolute Gasteiger partial charge is 0.228 e. The van der Waals surface area contributed by atoms with Gasteiger partial charge in [0.1, 0.15) is 16.5 Å². The Morgan fingerprint density at radius 1 is 1.21 bits per heavy atom. The van der Waals surface area contributed by atoms with Crippen LogP contribution in [0.25, 0.3) is 0 Å². The van der Waals surface area contributed by atoms with E-state index < -0.39 is 0 Å². The summed E-state index contributed by atoms with van der Waals surface area (Å²) in [7, 11) is 0. The van der Waals surface area contributed by atoms with Crippen LogP contribution in [0.5, 0.6) is 11.5 Å². The van der Waals surface area contributed by atoms with Crippen molar-refractivity contribution in [1.82, 2.24) is 9.88 Å². The Bertz CT molecular complexity index is 759. The fourth-order valence-corrected chi connectivity index (χ4v) is 3.09. The number of aromatic nitrogens is 1. The van der Waals surface area contributed by atoms with Gasteiger partial charge >= 0.3 is 0 Å². The third-order valence-corrected chi connectivity index (χ3v) is 5.01. The zero-order valence-corrected chi connectivity index (χ0v) is 14.9. The summed E-state index contributed by atoms with van der Waals surface area (Å²) < 4.78 is 5.81. The standard InChI is InChI=1S/C18H18Cl2N2O2/c1-12-4-5-15(18(20)17(12)19)24-14-6-7-21-13(10-14)11-16(23)22-8-2-3-9-22/h4-7,10H,2-3,8-9,11H2,1H3. The van der Waals surface area contributed by atoms with E-state index in [1.165, 1.54) is 0 Å². The number of nitrogens with zero attached hydrogens (tertiary/aromatic N) is 2. The van der Waals surface area contributed by atoms with E-state index in [1.54, 1.807) is 24.4 Å². The van der Waals surface area contributed by atoms with Crippen LogP contribution in [0.1, 0.15) is 24.1 Å². The van der Waals surface area contributed by atoms with Crippen molar-refractivity contribution in [2.75, 3.05) is 13.1 Å². The number of halogens is 2. The van der Waals surface area contributed by atoms with Crippen molar-refractivity contribution in [2.45, 2.75) is 26.2 Å². The lowest BCUT2D eigenvalue weighted by Gasteiger charge is -2.15. The summed E-state index contributed by atoms with van der Waals surface area (Å²) in [6.07, 6.45) is 4.06. The first kappa shape index (κ1) is 17.1. The van der Waals surface area contributed by atoms with Gasteiger partial charge in [0.15, 0.2) is 0 Å². The Morgan fingerprint density at radius 2 is 1.96 bits per heavy atom. The molecular formula is C18H18Cl2N2O2. The number of carbonyl (C=O) groups excluding carboxylic acids is 1. The topological polar surface area (TPSA) is 42.4 Å². The van der Waals surface area contributed by atoms with Crippen LogP contribution in [0.2, 0.25) is 10.0 Å². The van der Waals surface area contributed by atoms with Gasteiger partial charge in [-0.25, -0.2) is 0 Å². The molecule has 0 N–H and O–H groups in total. The zero-order valence-electron chi connectivity index (χ0n) is 13.4. The fourth-order valence-electron chi connectivity index (χ4n) is 2.68. The van der Waals surface area contributed by atoms with Crippen molar-refractivity contribution >= 4 is 29.1 Å². The molecule has 0 atom stereocenters. The van der Waals surface area contributed by atoms with Gasteiger partial charge in [-0.1, -0.05) is 29.3 Å². The summed E-state index contributed by atoms with van der Waals surface area (Å²) in [5, 5.41) is 0.857. The molecule has 0 spiro atoms. The van der Waals surface area contributed by atoms with Gasteiger partial charge in [0.2, 0.25) is 5.91 Å². The van der Waals surface area contributed by atoms with Crippen LogP contribution in [0.4, 0.5) is 0 Å². The lowest BCUT2D eigenvalue weighted by atomic mass is 10.2. The summed E-state index contributed by atoms with van der Waals surface area (Å²) in [4.78, 5) is 18.4. The molecule has 2 aromatic rings. The fraction of sp³-hybridized carbons (Fsp3) is 0.333. The molecule has 1 aromatic carbocycles. The van der Waals surface area contributed by atoms with E-state index in [2.05, 4.69) is 4.98 Å². The third-order valence-electron chi connectivity index (χ3n) is 4.05. The molecule has 1 amide bonds. The molecule has 0 radical (unpaired) electrons. The highest BCUT2D eigenvalue weighted by atomic mass is 35.5. The monoisotopic (exact) mass is 364 g/mol. The maximum atomic E-state index is 12.2. The Morgan fingerprint density at radius 3 is 2.71 bits per heavy atom. The molecule has 3 rings (SSSR count). The molecule has 0 saturated carbocycles. The summed E-state index contributed by atoms with van der Waals surface area (Å²) in [6, 6.07) is 7.12. The normalized spacial score (nSPS) is 14.0. The minimum atomic E-state index is 0.105. The van der Waals surface area contributed by atoms with E-state index >= 15 is 0 Å². The van der Waals surface area contributed by atoms with Gasteiger partial charge in [0.25, 0.3) is 0 Å². The molecule has 0 bridgehead atoms. The van der Waals surface area contributed by atoms with E-state index in [0.29, 0.717) is 27.2 Å². The molecule has 0 unspecified atom stereocenters. The van der Waals surface area contributed by atoms with E-state index in [-0.39, 0.29) is 12.3 Å². The first-order valence-electron chi connectivity index (χ1n) is 7.90. The number of amides is 1. The molecule has 126 valence electrons. The van der Waals surface area contributed by atoms with Gasteiger partial charge in [-0.15, -0.1) is 0 Å². The minimum absolute atomic E-state index is 0.105. The molecule has 1 aliphatic rings. The van der Waals surface area contributed by atoms with Crippen LogP contribution in [-0.2, 0) is 11.2 Å². The largest absolute Gasteiger partial charge is 0.456 e. The molecular weight excluding hydrogens is 347 g/mol. The molecule has 24 heavy (non-hydrogen) atoms. The highest BCUT2D eigenvalue weighted by Gasteiger charge is 2.18. The van der Waals surface area contributed by atoms with Crippen LogP contribution in [0, 0.1) is 6.92 Å². The third kappa shape index (κ3) is 3.82. The van der Waals surface area contributed by atoms with Crippen LogP contribution < -0.4 is 4.74 Å². The maximum absolute atomic E-state index is 12.2. The zero-order chi connectivity index (χ0) is 17.1. The van der Waals surface area contributed by atoms with Crippen LogP contribution in [-0.4, -0.2) is 28.9 Å². The van der Waals surface area contributed by atoms with Crippen LogP contribution in [0.15, 0.2) is 30.5 Å². The van der Waals surface area contributed by atoms with E-state index in [4.69, 9.17) is 27.9 Å². The second kappa shape index (κ2) is 7.41. The predicted octanol–water partition coefficient (Wildman–Crippen LogP) is 4.65. The number of ether oxygens (including phenoxy) is 1. The first-order valence-corrected chi connectivity index (χ1v) is 8.65. The molecule has 1 fully saturated rings. The summed E-state index contributed by atoms with van der Waals surface area (Å²) >= 11 is 12.4. The number of pyridine rings is 1. The van der Waals surface area contributed by atoms with Crippen molar-refractivity contribution in [3.8, 4) is 11.5 Å². The number of rotatable bonds is 4. The molecule has 2 heterocycles. The van der Waals surface area contributed by atoms with E-state index in [1.807, 2.05) is 17.9 Å². The molecule has 0 aliphatic carbocycles. The van der Waals surface area contributed by atoms with Crippen molar-refractivity contribution in [1.29, 1.82) is 0 Å². The molecule has 1 aromatic heterocycles. The van der Waals surface area contributed by atoms with E-state index in [0.717, 1.165) is 31.5 Å². The van der Waals surface area contributed by atoms with Gasteiger partial charge < -0.3 is 9.64 Å². The van der Waals surface area contributed by atoms with Crippen molar-refractivity contribution < 1.29 is 9.53 Å². The summed E-state index contributed by atoms with van der Waals surface area (Å²) in [5.41, 5.74) is 1.57. The minimum Gasteiger partial charge on any atom is -0.456 e. The van der Waals surface area contributed by atoms with Gasteiger partial charge in [0, 0.05) is 25.4 Å². The Hall–Kier alpha value is -1.78. The highest BCUT2D eigenvalue weighted by Crippen LogP contribution is 2.36. The van der Waals surface area contributed by atoms with Crippen LogP contribution in [0.3, 0.4) is 0 Å². The summed E-state index contributed by atoms with van der Waals surface area (Å²) in [5.74, 6) is 1.17. The van der Waals surface area contributed by atoms with Gasteiger partial charge in [-0.05, 0) is 37.5 Å². The second-order valence-electron chi connectivity index (χ2n) is 5.86. The number of carbonyl (C=O) groups is 1. The molecule has 1 aliphatic heterocycles. The lowest BCUT2D eigenvalue weighted by Crippen LogP contribution is -2.29. The average Bonchev–Trinajstić information content (AvgIpc) is 3.10. The molecule has 1 saturated heterocycles. The number of hydrogen-bond donors (Lipinski definition) is 0. The highest BCUT2D eigenvalue weighted by molar-refractivity contribution is 6.43. The number of hydrogen-bond acceptors (Lipinski definition) is 3. The maximum Gasteiger partial charge on any atom is 0.228 e. The van der Waals surface area contributed by atoms with Gasteiger partial charge in [-0.2, -0.15) is 0 Å². The predicted molar refractivity (Wildman–Crippen MR) is 95.0 cm³/mol. The SMILES string of the molecule is Cc1ccc(Oc2ccnc(CC(=O)N3CCCC3)c2)c(Cl)c1Cl. The number of likely N-dealkylation sites (tertiary alicyclic amines) is 1. The second-order valence-corrected chi connectivity index (χ2v) is 6.61. The Labute approximate surface area is 151 Å².